The molecule has 0 radical (unpaired) electrons. The Bertz CT molecular complexity index is 1010. The van der Waals surface area contributed by atoms with E-state index in [4.69, 9.17) is 18.6 Å². The van der Waals surface area contributed by atoms with Gasteiger partial charge in [-0.05, 0) is 30.7 Å². The summed E-state index contributed by atoms with van der Waals surface area (Å²) in [5.74, 6) is 1.61. The van der Waals surface area contributed by atoms with E-state index in [0.717, 1.165) is 18.1 Å². The van der Waals surface area contributed by atoms with E-state index in [2.05, 4.69) is 0 Å². The highest BCUT2D eigenvalue weighted by Gasteiger charge is 2.10. The van der Waals surface area contributed by atoms with Crippen molar-refractivity contribution < 1.29 is 23.4 Å². The van der Waals surface area contributed by atoms with E-state index >= 15 is 0 Å². The van der Waals surface area contributed by atoms with E-state index in [-0.39, 0.29) is 6.61 Å². The average Bonchev–Trinajstić information content (AvgIpc) is 2.69. The zero-order valence-corrected chi connectivity index (χ0v) is 15.2. The molecule has 140 valence electrons. The fraction of sp³-hybridized carbons (Fsp3) is 0.238. The minimum Gasteiger partial charge on any atom is -0.497 e. The Kier molecular flexibility index (Phi) is 5.76. The highest BCUT2D eigenvalue weighted by Crippen LogP contribution is 2.27. The zero-order valence-electron chi connectivity index (χ0n) is 15.2. The first-order valence-corrected chi connectivity index (χ1v) is 8.60. The number of hydrogen-bond donors (Lipinski definition) is 0. The third kappa shape index (κ3) is 4.28. The lowest BCUT2D eigenvalue weighted by molar-refractivity contribution is 0.111. The number of fused-ring (bicyclic) bond motifs is 1. The van der Waals surface area contributed by atoms with Gasteiger partial charge < -0.3 is 18.6 Å². The lowest BCUT2D eigenvalue weighted by Gasteiger charge is -2.12. The van der Waals surface area contributed by atoms with Crippen molar-refractivity contribution in [2.45, 2.75) is 20.0 Å². The van der Waals surface area contributed by atoms with Crippen LogP contribution >= 0.6 is 0 Å². The summed E-state index contributed by atoms with van der Waals surface area (Å²) < 4.78 is 21.8. The second kappa shape index (κ2) is 8.40. The van der Waals surface area contributed by atoms with Crippen molar-refractivity contribution in [2.75, 3.05) is 13.7 Å². The highest BCUT2D eigenvalue weighted by atomic mass is 16.5. The Morgan fingerprint density at radius 3 is 2.59 bits per heavy atom. The van der Waals surface area contributed by atoms with Crippen molar-refractivity contribution in [1.82, 2.24) is 0 Å². The Morgan fingerprint density at radius 2 is 1.85 bits per heavy atom. The molecule has 6 heteroatoms. The Morgan fingerprint density at radius 1 is 1.04 bits per heavy atom. The largest absolute Gasteiger partial charge is 0.497 e. The number of hydrogen-bond acceptors (Lipinski definition) is 6. The van der Waals surface area contributed by atoms with Crippen LogP contribution in [-0.2, 0) is 6.61 Å². The Balaban J connectivity index is 1.90. The highest BCUT2D eigenvalue weighted by molar-refractivity contribution is 5.82. The van der Waals surface area contributed by atoms with Crippen molar-refractivity contribution in [3.05, 3.63) is 64.0 Å². The van der Waals surface area contributed by atoms with Gasteiger partial charge in [0.1, 0.15) is 29.4 Å². The van der Waals surface area contributed by atoms with Crippen molar-refractivity contribution in [3.8, 4) is 17.2 Å². The first kappa shape index (κ1) is 18.5. The van der Waals surface area contributed by atoms with Crippen LogP contribution in [0.1, 0.15) is 29.3 Å². The molecule has 0 saturated carbocycles. The minimum absolute atomic E-state index is 0.104. The van der Waals surface area contributed by atoms with Gasteiger partial charge in [0.15, 0.2) is 6.29 Å². The van der Waals surface area contributed by atoms with Gasteiger partial charge in [-0.15, -0.1) is 0 Å². The number of carbonyl (C=O) groups is 1. The zero-order chi connectivity index (χ0) is 19.2. The second-order valence-electron chi connectivity index (χ2n) is 5.91. The maximum absolute atomic E-state index is 11.9. The number of methoxy groups -OCH3 is 1. The van der Waals surface area contributed by atoms with Crippen LogP contribution in [0.3, 0.4) is 0 Å². The summed E-state index contributed by atoms with van der Waals surface area (Å²) in [4.78, 5) is 23.2. The van der Waals surface area contributed by atoms with E-state index in [0.29, 0.717) is 40.6 Å². The van der Waals surface area contributed by atoms with Crippen LogP contribution < -0.4 is 19.8 Å². The fourth-order valence-corrected chi connectivity index (χ4v) is 2.66. The number of aldehydes is 1. The first-order chi connectivity index (χ1) is 13.1. The summed E-state index contributed by atoms with van der Waals surface area (Å²) in [5, 5.41) is 0.737. The van der Waals surface area contributed by atoms with Crippen molar-refractivity contribution >= 4 is 17.3 Å². The number of ether oxygens (including phenoxy) is 3. The molecule has 0 aliphatic carbocycles. The third-order valence-electron chi connectivity index (χ3n) is 4.01. The molecule has 2 aromatic carbocycles. The molecule has 0 spiro atoms. The smallest absolute Gasteiger partial charge is 0.336 e. The lowest BCUT2D eigenvalue weighted by atomic mass is 10.1. The molecule has 0 N–H and O–H groups in total. The maximum atomic E-state index is 11.9. The molecular formula is C21H20O6. The number of benzene rings is 2. The lowest BCUT2D eigenvalue weighted by Crippen LogP contribution is -2.05. The molecule has 0 bridgehead atoms. The molecule has 0 saturated heterocycles. The Labute approximate surface area is 156 Å². The molecule has 1 aromatic heterocycles. The maximum Gasteiger partial charge on any atom is 0.336 e. The molecule has 3 aromatic rings. The van der Waals surface area contributed by atoms with Crippen LogP contribution in [0.4, 0.5) is 0 Å². The summed E-state index contributed by atoms with van der Waals surface area (Å²) in [6, 6.07) is 11.7. The number of carbonyl (C=O) groups excluding carboxylic acids is 1. The van der Waals surface area contributed by atoms with Gasteiger partial charge in [0.25, 0.3) is 0 Å². The first-order valence-electron chi connectivity index (χ1n) is 8.60. The molecule has 0 atom stereocenters. The second-order valence-corrected chi connectivity index (χ2v) is 5.91. The predicted molar refractivity (Wildman–Crippen MR) is 101 cm³/mol. The van der Waals surface area contributed by atoms with E-state index < -0.39 is 5.63 Å². The number of rotatable bonds is 8. The van der Waals surface area contributed by atoms with Gasteiger partial charge in [-0.1, -0.05) is 6.92 Å². The van der Waals surface area contributed by atoms with Gasteiger partial charge in [0.05, 0.1) is 19.3 Å². The van der Waals surface area contributed by atoms with E-state index in [9.17, 15) is 9.59 Å². The van der Waals surface area contributed by atoms with Gasteiger partial charge in [0.2, 0.25) is 0 Å². The fourth-order valence-electron chi connectivity index (χ4n) is 2.66. The van der Waals surface area contributed by atoms with Crippen LogP contribution in [0.25, 0.3) is 11.0 Å². The topological polar surface area (TPSA) is 75.0 Å². The van der Waals surface area contributed by atoms with E-state index in [1.54, 1.807) is 43.5 Å². The monoisotopic (exact) mass is 368 g/mol. The van der Waals surface area contributed by atoms with Crippen LogP contribution in [0.2, 0.25) is 0 Å². The molecular weight excluding hydrogens is 348 g/mol. The molecule has 0 aliphatic heterocycles. The van der Waals surface area contributed by atoms with E-state index in [1.165, 1.54) is 6.07 Å². The molecule has 0 fully saturated rings. The van der Waals surface area contributed by atoms with Crippen LogP contribution in [0.15, 0.2) is 51.7 Å². The van der Waals surface area contributed by atoms with Gasteiger partial charge in [0, 0.05) is 29.1 Å². The molecule has 0 amide bonds. The standard InChI is InChI=1S/C21H20O6/c1-3-8-25-17-5-4-14(12-22)19(11-17)26-13-15-9-21(23)27-20-10-16(24-2)6-7-18(15)20/h4-7,9-12H,3,8,13H2,1-2H3. The summed E-state index contributed by atoms with van der Waals surface area (Å²) in [6.07, 6.45) is 1.60. The normalized spacial score (nSPS) is 10.6. The van der Waals surface area contributed by atoms with Gasteiger partial charge in [-0.3, -0.25) is 4.79 Å². The van der Waals surface area contributed by atoms with E-state index in [1.807, 2.05) is 6.92 Å². The summed E-state index contributed by atoms with van der Waals surface area (Å²) in [6.45, 7) is 2.69. The SMILES string of the molecule is CCCOc1ccc(C=O)c(OCc2cc(=O)oc3cc(OC)ccc23)c1. The molecule has 0 unspecified atom stereocenters. The average molecular weight is 368 g/mol. The van der Waals surface area contributed by atoms with Gasteiger partial charge in [-0.25, -0.2) is 4.79 Å². The minimum atomic E-state index is -0.481. The van der Waals surface area contributed by atoms with Gasteiger partial charge >= 0.3 is 5.63 Å². The molecule has 0 aliphatic rings. The van der Waals surface area contributed by atoms with Crippen LogP contribution in [0.5, 0.6) is 17.2 Å². The van der Waals surface area contributed by atoms with Crippen LogP contribution in [0, 0.1) is 0 Å². The van der Waals surface area contributed by atoms with Crippen molar-refractivity contribution in [2.24, 2.45) is 0 Å². The van der Waals surface area contributed by atoms with Crippen molar-refractivity contribution in [3.63, 3.8) is 0 Å². The summed E-state index contributed by atoms with van der Waals surface area (Å²) >= 11 is 0. The molecule has 1 heterocycles. The molecule has 6 nitrogen and oxygen atoms in total. The molecule has 27 heavy (non-hydrogen) atoms. The Hall–Kier alpha value is -3.28. The molecule has 3 rings (SSSR count). The predicted octanol–water partition coefficient (Wildman–Crippen LogP) is 3.98. The van der Waals surface area contributed by atoms with Gasteiger partial charge in [-0.2, -0.15) is 0 Å². The summed E-state index contributed by atoms with van der Waals surface area (Å²) in [7, 11) is 1.54. The quantitative estimate of drug-likeness (QED) is 0.442. The summed E-state index contributed by atoms with van der Waals surface area (Å²) in [5.41, 5.74) is 0.995. The van der Waals surface area contributed by atoms with Crippen LogP contribution in [-0.4, -0.2) is 20.0 Å². The third-order valence-corrected chi connectivity index (χ3v) is 4.01. The van der Waals surface area contributed by atoms with Crippen molar-refractivity contribution in [1.29, 1.82) is 0 Å².